The van der Waals surface area contributed by atoms with Gasteiger partial charge in [0, 0.05) is 6.07 Å². The van der Waals surface area contributed by atoms with Crippen molar-refractivity contribution >= 4 is 10.8 Å². The molecule has 0 amide bonds. The van der Waals surface area contributed by atoms with E-state index in [1.807, 2.05) is 0 Å². The summed E-state index contributed by atoms with van der Waals surface area (Å²) in [5.41, 5.74) is 0. The second kappa shape index (κ2) is 4.74. The number of pyridine rings is 1. The third-order valence-electron chi connectivity index (χ3n) is 2.74. The SMILES string of the molecule is CC(C)Oc1c2ccccc2cc[n+]1C(C)C. The maximum atomic E-state index is 5.98. The average molecular weight is 230 g/mol. The molecule has 2 heteroatoms. The van der Waals surface area contributed by atoms with Crippen LogP contribution < -0.4 is 9.30 Å². The van der Waals surface area contributed by atoms with Crippen LogP contribution in [0.15, 0.2) is 36.5 Å². The number of hydrogen-bond acceptors (Lipinski definition) is 1. The number of rotatable bonds is 3. The van der Waals surface area contributed by atoms with Crippen LogP contribution in [-0.4, -0.2) is 6.10 Å². The van der Waals surface area contributed by atoms with Gasteiger partial charge in [-0.3, -0.25) is 0 Å². The highest BCUT2D eigenvalue weighted by atomic mass is 16.5. The van der Waals surface area contributed by atoms with Crippen molar-refractivity contribution in [2.24, 2.45) is 0 Å². The number of nitrogens with zero attached hydrogens (tertiary/aromatic N) is 1. The maximum Gasteiger partial charge on any atom is 0.376 e. The molecule has 0 N–H and O–H groups in total. The van der Waals surface area contributed by atoms with Crippen LogP contribution in [-0.2, 0) is 0 Å². The third-order valence-corrected chi connectivity index (χ3v) is 2.74. The molecule has 0 aliphatic rings. The van der Waals surface area contributed by atoms with Gasteiger partial charge in [-0.25, -0.2) is 0 Å². The highest BCUT2D eigenvalue weighted by Crippen LogP contribution is 2.23. The first-order chi connectivity index (χ1) is 8.09. The smallest absolute Gasteiger partial charge is 0.376 e. The summed E-state index contributed by atoms with van der Waals surface area (Å²) >= 11 is 0. The molecule has 1 aromatic heterocycles. The van der Waals surface area contributed by atoms with Crippen LogP contribution in [0, 0.1) is 0 Å². The Labute approximate surface area is 103 Å². The molecule has 0 atom stereocenters. The van der Waals surface area contributed by atoms with E-state index >= 15 is 0 Å². The van der Waals surface area contributed by atoms with Gasteiger partial charge in [-0.2, -0.15) is 4.57 Å². The molecule has 0 unspecified atom stereocenters. The van der Waals surface area contributed by atoms with Crippen LogP contribution in [0.1, 0.15) is 33.7 Å². The fraction of sp³-hybridized carbons (Fsp3) is 0.400. The second-order valence-corrected chi connectivity index (χ2v) is 4.88. The van der Waals surface area contributed by atoms with Gasteiger partial charge in [0.1, 0.15) is 0 Å². The molecule has 1 heterocycles. The van der Waals surface area contributed by atoms with Crippen LogP contribution in [0.2, 0.25) is 0 Å². The fourth-order valence-electron chi connectivity index (χ4n) is 1.96. The Bertz CT molecular complexity index is 517. The van der Waals surface area contributed by atoms with Crippen molar-refractivity contribution in [3.05, 3.63) is 36.5 Å². The predicted octanol–water partition coefficient (Wildman–Crippen LogP) is 3.50. The highest BCUT2D eigenvalue weighted by Gasteiger charge is 2.20. The van der Waals surface area contributed by atoms with Gasteiger partial charge in [0.15, 0.2) is 12.2 Å². The zero-order chi connectivity index (χ0) is 12.4. The predicted molar refractivity (Wildman–Crippen MR) is 70.3 cm³/mol. The molecular weight excluding hydrogens is 210 g/mol. The van der Waals surface area contributed by atoms with E-state index in [0.717, 1.165) is 5.88 Å². The third kappa shape index (κ3) is 2.41. The summed E-state index contributed by atoms with van der Waals surface area (Å²) in [5.74, 6) is 0.966. The van der Waals surface area contributed by atoms with Crippen molar-refractivity contribution in [3.8, 4) is 5.88 Å². The van der Waals surface area contributed by atoms with E-state index in [9.17, 15) is 0 Å². The molecule has 2 nitrogen and oxygen atoms in total. The Kier molecular flexibility index (Phi) is 3.32. The van der Waals surface area contributed by atoms with Crippen molar-refractivity contribution in [1.29, 1.82) is 0 Å². The lowest BCUT2D eigenvalue weighted by atomic mass is 10.1. The van der Waals surface area contributed by atoms with E-state index < -0.39 is 0 Å². The summed E-state index contributed by atoms with van der Waals surface area (Å²) in [4.78, 5) is 0. The van der Waals surface area contributed by atoms with Crippen molar-refractivity contribution in [2.75, 3.05) is 0 Å². The topological polar surface area (TPSA) is 13.1 Å². The van der Waals surface area contributed by atoms with E-state index in [1.54, 1.807) is 0 Å². The van der Waals surface area contributed by atoms with Crippen LogP contribution in [0.4, 0.5) is 0 Å². The molecule has 0 radical (unpaired) electrons. The molecule has 17 heavy (non-hydrogen) atoms. The van der Waals surface area contributed by atoms with E-state index in [-0.39, 0.29) is 6.10 Å². The molecule has 0 spiro atoms. The van der Waals surface area contributed by atoms with Crippen LogP contribution in [0.3, 0.4) is 0 Å². The lowest BCUT2D eigenvalue weighted by molar-refractivity contribution is -0.719. The van der Waals surface area contributed by atoms with Crippen LogP contribution in [0.5, 0.6) is 5.88 Å². The fourth-order valence-corrected chi connectivity index (χ4v) is 1.96. The molecule has 0 fully saturated rings. The first-order valence-electron chi connectivity index (χ1n) is 6.19. The zero-order valence-corrected chi connectivity index (χ0v) is 11.0. The zero-order valence-electron chi connectivity index (χ0n) is 11.0. The van der Waals surface area contributed by atoms with Gasteiger partial charge in [-0.05, 0) is 39.1 Å². The molecule has 0 saturated heterocycles. The monoisotopic (exact) mass is 230 g/mol. The number of benzene rings is 1. The second-order valence-electron chi connectivity index (χ2n) is 4.88. The lowest BCUT2D eigenvalue weighted by Crippen LogP contribution is -2.38. The number of hydrogen-bond donors (Lipinski definition) is 0. The summed E-state index contributed by atoms with van der Waals surface area (Å²) in [6, 6.07) is 10.9. The molecule has 0 bridgehead atoms. The summed E-state index contributed by atoms with van der Waals surface area (Å²) in [6.45, 7) is 8.46. The van der Waals surface area contributed by atoms with E-state index in [4.69, 9.17) is 4.74 Å². The molecule has 2 aromatic rings. The van der Waals surface area contributed by atoms with Gasteiger partial charge in [-0.15, -0.1) is 0 Å². The summed E-state index contributed by atoms with van der Waals surface area (Å²) < 4.78 is 8.17. The Balaban J connectivity index is 2.66. The summed E-state index contributed by atoms with van der Waals surface area (Å²) in [5, 5.41) is 2.40. The lowest BCUT2D eigenvalue weighted by Gasteiger charge is -2.12. The minimum atomic E-state index is 0.186. The van der Waals surface area contributed by atoms with E-state index in [2.05, 4.69) is 68.8 Å². The largest absolute Gasteiger partial charge is 0.441 e. The molecule has 90 valence electrons. The van der Waals surface area contributed by atoms with Gasteiger partial charge in [0.2, 0.25) is 0 Å². The maximum absolute atomic E-state index is 5.98. The van der Waals surface area contributed by atoms with Gasteiger partial charge in [-0.1, -0.05) is 18.2 Å². The molecule has 0 aliphatic carbocycles. The van der Waals surface area contributed by atoms with Crippen LogP contribution >= 0.6 is 0 Å². The first kappa shape index (κ1) is 11.9. The van der Waals surface area contributed by atoms with Crippen molar-refractivity contribution in [1.82, 2.24) is 0 Å². The van der Waals surface area contributed by atoms with Gasteiger partial charge in [0.05, 0.1) is 11.5 Å². The van der Waals surface area contributed by atoms with Crippen molar-refractivity contribution in [2.45, 2.75) is 39.8 Å². The Hall–Kier alpha value is -1.57. The standard InChI is InChI=1S/C15H20NO/c1-11(2)16-10-9-13-7-5-6-8-14(13)15(16)17-12(3)4/h5-12H,1-4H3/q+1. The van der Waals surface area contributed by atoms with Gasteiger partial charge >= 0.3 is 5.88 Å². The minimum Gasteiger partial charge on any atom is -0.441 e. The Morgan fingerprint density at radius 2 is 1.71 bits per heavy atom. The van der Waals surface area contributed by atoms with Crippen molar-refractivity contribution in [3.63, 3.8) is 0 Å². The number of aromatic nitrogens is 1. The van der Waals surface area contributed by atoms with E-state index in [0.29, 0.717) is 6.04 Å². The van der Waals surface area contributed by atoms with Crippen LogP contribution in [0.25, 0.3) is 10.8 Å². The van der Waals surface area contributed by atoms with Gasteiger partial charge < -0.3 is 4.74 Å². The molecule has 0 saturated carbocycles. The van der Waals surface area contributed by atoms with E-state index in [1.165, 1.54) is 10.8 Å². The average Bonchev–Trinajstić information content (AvgIpc) is 2.28. The summed E-state index contributed by atoms with van der Waals surface area (Å²) in [7, 11) is 0. The molecule has 0 aliphatic heterocycles. The van der Waals surface area contributed by atoms with Crippen molar-refractivity contribution < 1.29 is 9.30 Å². The summed E-state index contributed by atoms with van der Waals surface area (Å²) in [6.07, 6.45) is 2.29. The first-order valence-corrected chi connectivity index (χ1v) is 6.19. The Morgan fingerprint density at radius 1 is 1.00 bits per heavy atom. The number of fused-ring (bicyclic) bond motifs is 1. The molecule has 1 aromatic carbocycles. The highest BCUT2D eigenvalue weighted by molar-refractivity contribution is 5.85. The molecular formula is C15H20NO+. The quantitative estimate of drug-likeness (QED) is 0.736. The number of ether oxygens (including phenoxy) is 1. The minimum absolute atomic E-state index is 0.186. The Morgan fingerprint density at radius 3 is 2.35 bits per heavy atom. The normalized spacial score (nSPS) is 11.4. The van der Waals surface area contributed by atoms with Gasteiger partial charge in [0.25, 0.3) is 0 Å². The molecule has 2 rings (SSSR count).